The standard InChI is InChI=1S/C19H24N4O.C9H11N.C2H6/c1-2-5-18-15(4-1)16-6-8-22-17(19(16)24-18)14-21-7-3-11-23-12-9-20-10-13-23;1-2-6-9-8(4-1)5-3-7-10-9;1-2/h1-2,4-6,8,20-21H,3,7,9-14H2;3,5,7H,1-2,4,6H2;1-2H3. The maximum absolute atomic E-state index is 6.02. The number of furan rings is 1. The third kappa shape index (κ3) is 6.90. The lowest BCUT2D eigenvalue weighted by Gasteiger charge is -2.27. The Kier molecular flexibility index (Phi) is 10.3. The van der Waals surface area contributed by atoms with E-state index in [0.717, 1.165) is 66.8 Å². The fourth-order valence-electron chi connectivity index (χ4n) is 4.93. The first kappa shape index (κ1) is 26.3. The van der Waals surface area contributed by atoms with E-state index in [2.05, 4.69) is 37.6 Å². The number of nitrogens with zero attached hydrogens (tertiary/aromatic N) is 3. The van der Waals surface area contributed by atoms with E-state index in [9.17, 15) is 0 Å². The minimum Gasteiger partial charge on any atom is -0.454 e. The van der Waals surface area contributed by atoms with Crippen LogP contribution in [0.4, 0.5) is 0 Å². The van der Waals surface area contributed by atoms with Crippen LogP contribution in [0.2, 0.25) is 0 Å². The highest BCUT2D eigenvalue weighted by Crippen LogP contribution is 2.29. The summed E-state index contributed by atoms with van der Waals surface area (Å²) in [5.74, 6) is 0. The summed E-state index contributed by atoms with van der Waals surface area (Å²) in [5.41, 5.74) is 5.63. The highest BCUT2D eigenvalue weighted by molar-refractivity contribution is 6.05. The number of fused-ring (bicyclic) bond motifs is 4. The third-order valence-electron chi connectivity index (χ3n) is 6.79. The summed E-state index contributed by atoms with van der Waals surface area (Å²) in [5, 5.41) is 9.22. The van der Waals surface area contributed by atoms with Gasteiger partial charge in [-0.2, -0.15) is 0 Å². The van der Waals surface area contributed by atoms with Crippen LogP contribution in [-0.2, 0) is 19.4 Å². The van der Waals surface area contributed by atoms with Gasteiger partial charge in [-0.3, -0.25) is 9.97 Å². The number of benzene rings is 1. The maximum atomic E-state index is 6.02. The van der Waals surface area contributed by atoms with Crippen molar-refractivity contribution < 1.29 is 4.42 Å². The average Bonchev–Trinajstić information content (AvgIpc) is 3.35. The molecule has 0 bridgehead atoms. The minimum atomic E-state index is 0.749. The van der Waals surface area contributed by atoms with E-state index in [-0.39, 0.29) is 0 Å². The van der Waals surface area contributed by atoms with Crippen LogP contribution in [0, 0.1) is 0 Å². The molecule has 4 aromatic rings. The summed E-state index contributed by atoms with van der Waals surface area (Å²) in [6.07, 6.45) is 10.0. The lowest BCUT2D eigenvalue weighted by molar-refractivity contribution is 0.237. The van der Waals surface area contributed by atoms with E-state index in [1.807, 2.05) is 56.6 Å². The van der Waals surface area contributed by atoms with E-state index in [0.29, 0.717) is 0 Å². The number of aromatic nitrogens is 2. The average molecular weight is 488 g/mol. The number of para-hydroxylation sites is 1. The van der Waals surface area contributed by atoms with Crippen LogP contribution in [0.1, 0.15) is 50.1 Å². The number of nitrogens with one attached hydrogen (secondary N) is 2. The molecule has 0 radical (unpaired) electrons. The van der Waals surface area contributed by atoms with Crippen molar-refractivity contribution in [2.24, 2.45) is 0 Å². The molecule has 0 amide bonds. The molecule has 1 aliphatic heterocycles. The van der Waals surface area contributed by atoms with Crippen molar-refractivity contribution in [3.05, 3.63) is 71.8 Å². The highest BCUT2D eigenvalue weighted by Gasteiger charge is 2.12. The van der Waals surface area contributed by atoms with Gasteiger partial charge in [-0.05, 0) is 69.0 Å². The van der Waals surface area contributed by atoms with Crippen LogP contribution in [0.5, 0.6) is 0 Å². The Morgan fingerprint density at radius 3 is 2.61 bits per heavy atom. The summed E-state index contributed by atoms with van der Waals surface area (Å²) >= 11 is 0. The Labute approximate surface area is 215 Å². The second kappa shape index (κ2) is 14.1. The second-order valence-electron chi connectivity index (χ2n) is 9.17. The van der Waals surface area contributed by atoms with Gasteiger partial charge in [0.25, 0.3) is 0 Å². The van der Waals surface area contributed by atoms with Crippen molar-refractivity contribution in [3.8, 4) is 0 Å². The van der Waals surface area contributed by atoms with Gasteiger partial charge in [0, 0.05) is 61.6 Å². The van der Waals surface area contributed by atoms with Gasteiger partial charge >= 0.3 is 0 Å². The van der Waals surface area contributed by atoms with Crippen molar-refractivity contribution in [2.75, 3.05) is 39.3 Å². The first-order chi connectivity index (χ1) is 17.9. The van der Waals surface area contributed by atoms with Crippen LogP contribution in [0.3, 0.4) is 0 Å². The van der Waals surface area contributed by atoms with Crippen LogP contribution >= 0.6 is 0 Å². The number of pyridine rings is 2. The fourth-order valence-corrected chi connectivity index (χ4v) is 4.93. The van der Waals surface area contributed by atoms with Crippen molar-refractivity contribution in [2.45, 2.75) is 52.5 Å². The molecule has 0 saturated carbocycles. The molecule has 3 aromatic heterocycles. The summed E-state index contributed by atoms with van der Waals surface area (Å²) < 4.78 is 6.02. The van der Waals surface area contributed by atoms with Crippen LogP contribution in [-0.4, -0.2) is 54.1 Å². The summed E-state index contributed by atoms with van der Waals surface area (Å²) in [7, 11) is 0. The molecule has 1 aliphatic carbocycles. The lowest BCUT2D eigenvalue weighted by Crippen LogP contribution is -2.44. The molecule has 6 nitrogen and oxygen atoms in total. The van der Waals surface area contributed by atoms with E-state index in [1.165, 1.54) is 50.0 Å². The normalized spacial score (nSPS) is 15.5. The summed E-state index contributed by atoms with van der Waals surface area (Å²) in [6, 6.07) is 14.4. The maximum Gasteiger partial charge on any atom is 0.158 e. The van der Waals surface area contributed by atoms with Gasteiger partial charge < -0.3 is 20.0 Å². The third-order valence-corrected chi connectivity index (χ3v) is 6.79. The Morgan fingerprint density at radius 1 is 0.917 bits per heavy atom. The zero-order chi connectivity index (χ0) is 25.0. The molecule has 0 spiro atoms. The molecule has 192 valence electrons. The molecule has 6 heteroatoms. The van der Waals surface area contributed by atoms with Gasteiger partial charge in [0.15, 0.2) is 5.58 Å². The SMILES string of the molecule is CC.c1ccc2c(c1)oc1c(CNCCCN3CCNCC3)nccc12.c1cnc2c(c1)CCCC2. The monoisotopic (exact) mass is 487 g/mol. The predicted octanol–water partition coefficient (Wildman–Crippen LogP) is 5.35. The molecule has 0 unspecified atom stereocenters. The highest BCUT2D eigenvalue weighted by atomic mass is 16.3. The lowest BCUT2D eigenvalue weighted by atomic mass is 9.96. The van der Waals surface area contributed by atoms with Crippen molar-refractivity contribution >= 4 is 21.9 Å². The molecule has 2 aliphatic rings. The van der Waals surface area contributed by atoms with E-state index in [4.69, 9.17) is 4.42 Å². The molecule has 1 fully saturated rings. The van der Waals surface area contributed by atoms with Crippen molar-refractivity contribution in [1.82, 2.24) is 25.5 Å². The second-order valence-corrected chi connectivity index (χ2v) is 9.17. The van der Waals surface area contributed by atoms with Gasteiger partial charge in [-0.15, -0.1) is 0 Å². The Morgan fingerprint density at radius 2 is 1.75 bits per heavy atom. The zero-order valence-electron chi connectivity index (χ0n) is 21.9. The Balaban J connectivity index is 0.000000211. The molecule has 6 rings (SSSR count). The van der Waals surface area contributed by atoms with Crippen molar-refractivity contribution in [1.29, 1.82) is 0 Å². The molecular weight excluding hydrogens is 446 g/mol. The molecular formula is C30H41N5O. The number of hydrogen-bond acceptors (Lipinski definition) is 6. The van der Waals surface area contributed by atoms with Crippen LogP contribution in [0.15, 0.2) is 59.3 Å². The van der Waals surface area contributed by atoms with E-state index < -0.39 is 0 Å². The smallest absolute Gasteiger partial charge is 0.158 e. The first-order valence-electron chi connectivity index (χ1n) is 13.7. The number of hydrogen-bond donors (Lipinski definition) is 2. The predicted molar refractivity (Wildman–Crippen MR) is 149 cm³/mol. The Bertz CT molecular complexity index is 1170. The summed E-state index contributed by atoms with van der Waals surface area (Å²) in [6.45, 7) is 11.5. The molecule has 36 heavy (non-hydrogen) atoms. The quantitative estimate of drug-likeness (QED) is 0.357. The molecule has 1 aromatic carbocycles. The largest absolute Gasteiger partial charge is 0.454 e. The molecule has 2 N–H and O–H groups in total. The van der Waals surface area contributed by atoms with E-state index in [1.54, 1.807) is 0 Å². The molecule has 1 saturated heterocycles. The van der Waals surface area contributed by atoms with Gasteiger partial charge in [-0.25, -0.2) is 0 Å². The number of piperazine rings is 1. The first-order valence-corrected chi connectivity index (χ1v) is 13.7. The zero-order valence-corrected chi connectivity index (χ0v) is 21.9. The fraction of sp³-hybridized carbons (Fsp3) is 0.467. The topological polar surface area (TPSA) is 66.2 Å². The molecule has 0 atom stereocenters. The molecule has 4 heterocycles. The summed E-state index contributed by atoms with van der Waals surface area (Å²) in [4.78, 5) is 11.4. The van der Waals surface area contributed by atoms with Gasteiger partial charge in [0.05, 0.1) is 5.69 Å². The number of rotatable bonds is 6. The minimum absolute atomic E-state index is 0.749. The number of aryl methyl sites for hydroxylation is 2. The van der Waals surface area contributed by atoms with Crippen LogP contribution in [0.25, 0.3) is 21.9 Å². The van der Waals surface area contributed by atoms with E-state index >= 15 is 0 Å². The Hall–Kier alpha value is -2.80. The van der Waals surface area contributed by atoms with Gasteiger partial charge in [0.1, 0.15) is 5.58 Å². The van der Waals surface area contributed by atoms with Gasteiger partial charge in [-0.1, -0.05) is 38.1 Å². The van der Waals surface area contributed by atoms with Crippen LogP contribution < -0.4 is 10.6 Å². The van der Waals surface area contributed by atoms with Crippen molar-refractivity contribution in [3.63, 3.8) is 0 Å². The van der Waals surface area contributed by atoms with Gasteiger partial charge in [0.2, 0.25) is 0 Å².